The van der Waals surface area contributed by atoms with Gasteiger partial charge in [0.2, 0.25) is 11.8 Å². The molecule has 6 nitrogen and oxygen atoms in total. The van der Waals surface area contributed by atoms with Crippen LogP contribution in [0.4, 0.5) is 0 Å². The van der Waals surface area contributed by atoms with Crippen LogP contribution in [0, 0.1) is 6.92 Å². The Kier molecular flexibility index (Phi) is 3.94. The second kappa shape index (κ2) is 5.87. The van der Waals surface area contributed by atoms with Crippen molar-refractivity contribution in [3.63, 3.8) is 0 Å². The fourth-order valence-electron chi connectivity index (χ4n) is 1.68. The normalized spacial score (nSPS) is 12.5. The van der Waals surface area contributed by atoms with Crippen LogP contribution in [-0.2, 0) is 0 Å². The van der Waals surface area contributed by atoms with Gasteiger partial charge in [0.25, 0.3) is 5.22 Å². The molecule has 0 spiro atoms. The van der Waals surface area contributed by atoms with E-state index in [9.17, 15) is 0 Å². The van der Waals surface area contributed by atoms with E-state index < -0.39 is 0 Å². The molecule has 0 aliphatic rings. The Morgan fingerprint density at radius 3 is 2.76 bits per heavy atom. The van der Waals surface area contributed by atoms with Gasteiger partial charge in [-0.2, -0.15) is 4.98 Å². The minimum atomic E-state index is -0.0780. The number of halogens is 1. The van der Waals surface area contributed by atoms with Crippen molar-refractivity contribution in [1.82, 2.24) is 20.3 Å². The van der Waals surface area contributed by atoms with Crippen LogP contribution in [0.15, 0.2) is 38.4 Å². The average molecular weight is 323 g/mol. The number of nitrogens with zero attached hydrogens (tertiary/aromatic N) is 4. The summed E-state index contributed by atoms with van der Waals surface area (Å²) in [7, 11) is 0. The van der Waals surface area contributed by atoms with Gasteiger partial charge in [-0.1, -0.05) is 40.7 Å². The van der Waals surface area contributed by atoms with Crippen LogP contribution in [-0.4, -0.2) is 20.3 Å². The van der Waals surface area contributed by atoms with Crippen molar-refractivity contribution in [2.45, 2.75) is 24.3 Å². The molecular formula is C13H11ClN4O2S. The summed E-state index contributed by atoms with van der Waals surface area (Å²) in [5.41, 5.74) is 0.708. The van der Waals surface area contributed by atoms with Gasteiger partial charge in [-0.15, -0.1) is 10.2 Å². The molecule has 21 heavy (non-hydrogen) atoms. The van der Waals surface area contributed by atoms with E-state index in [1.807, 2.05) is 25.1 Å². The maximum absolute atomic E-state index is 6.10. The predicted octanol–water partition coefficient (Wildman–Crippen LogP) is 3.93. The first-order valence-corrected chi connectivity index (χ1v) is 7.44. The fourth-order valence-corrected chi connectivity index (χ4v) is 2.61. The molecule has 0 aliphatic carbocycles. The summed E-state index contributed by atoms with van der Waals surface area (Å²) in [6.45, 7) is 3.70. The third-order valence-corrected chi connectivity index (χ3v) is 3.93. The lowest BCUT2D eigenvalue weighted by Gasteiger charge is -2.01. The van der Waals surface area contributed by atoms with E-state index in [1.165, 1.54) is 11.8 Å². The molecule has 1 atom stereocenters. The Morgan fingerprint density at radius 2 is 2.05 bits per heavy atom. The molecule has 8 heteroatoms. The van der Waals surface area contributed by atoms with Crippen LogP contribution in [0.1, 0.15) is 23.9 Å². The summed E-state index contributed by atoms with van der Waals surface area (Å²) in [4.78, 5) is 4.18. The van der Waals surface area contributed by atoms with Crippen molar-refractivity contribution in [3.8, 4) is 11.5 Å². The van der Waals surface area contributed by atoms with Crippen molar-refractivity contribution in [2.24, 2.45) is 0 Å². The van der Waals surface area contributed by atoms with Crippen LogP contribution < -0.4 is 0 Å². The van der Waals surface area contributed by atoms with Crippen molar-refractivity contribution in [1.29, 1.82) is 0 Å². The van der Waals surface area contributed by atoms with Gasteiger partial charge in [0, 0.05) is 0 Å². The smallest absolute Gasteiger partial charge is 0.277 e. The van der Waals surface area contributed by atoms with Crippen LogP contribution >= 0.6 is 23.4 Å². The Morgan fingerprint density at radius 1 is 1.24 bits per heavy atom. The molecule has 1 unspecified atom stereocenters. The summed E-state index contributed by atoms with van der Waals surface area (Å²) >= 11 is 7.46. The van der Waals surface area contributed by atoms with Gasteiger partial charge in [0.1, 0.15) is 0 Å². The molecule has 0 saturated heterocycles. The molecule has 1 aromatic carbocycles. The first kappa shape index (κ1) is 14.1. The Hall–Kier alpha value is -1.86. The van der Waals surface area contributed by atoms with Crippen molar-refractivity contribution in [2.75, 3.05) is 0 Å². The topological polar surface area (TPSA) is 77.8 Å². The van der Waals surface area contributed by atoms with E-state index in [0.717, 1.165) is 0 Å². The van der Waals surface area contributed by atoms with Crippen molar-refractivity contribution < 1.29 is 8.94 Å². The maximum atomic E-state index is 6.10. The van der Waals surface area contributed by atoms with E-state index in [2.05, 4.69) is 20.3 Å². The quantitative estimate of drug-likeness (QED) is 0.673. The lowest BCUT2D eigenvalue weighted by Crippen LogP contribution is -1.88. The first-order valence-electron chi connectivity index (χ1n) is 6.19. The summed E-state index contributed by atoms with van der Waals surface area (Å²) in [6, 6.07) is 7.31. The van der Waals surface area contributed by atoms with Gasteiger partial charge in [-0.25, -0.2) is 0 Å². The minimum absolute atomic E-state index is 0.0780. The molecule has 0 radical (unpaired) electrons. The van der Waals surface area contributed by atoms with E-state index in [4.69, 9.17) is 20.5 Å². The van der Waals surface area contributed by atoms with Gasteiger partial charge in [-0.3, -0.25) is 0 Å². The second-order valence-electron chi connectivity index (χ2n) is 4.29. The van der Waals surface area contributed by atoms with Crippen molar-refractivity contribution >= 4 is 23.4 Å². The lowest BCUT2D eigenvalue weighted by atomic mass is 10.2. The number of benzene rings is 1. The van der Waals surface area contributed by atoms with Crippen LogP contribution in [0.3, 0.4) is 0 Å². The summed E-state index contributed by atoms with van der Waals surface area (Å²) < 4.78 is 10.7. The highest BCUT2D eigenvalue weighted by Gasteiger charge is 2.19. The molecule has 0 bridgehead atoms. The highest BCUT2D eigenvalue weighted by molar-refractivity contribution is 7.99. The standard InChI is InChI=1S/C13H11ClN4O2S/c1-7(11-15-8(2)18-20-11)21-13-17-16-12(19-13)9-5-3-4-6-10(9)14/h3-7H,1-2H3. The zero-order chi connectivity index (χ0) is 14.8. The van der Waals surface area contributed by atoms with E-state index in [-0.39, 0.29) is 5.25 Å². The highest BCUT2D eigenvalue weighted by Crippen LogP contribution is 2.35. The number of aryl methyl sites for hydroxylation is 1. The van der Waals surface area contributed by atoms with Crippen molar-refractivity contribution in [3.05, 3.63) is 41.0 Å². The van der Waals surface area contributed by atoms with Crippen LogP contribution in [0.2, 0.25) is 5.02 Å². The molecular weight excluding hydrogens is 312 g/mol. The number of hydrogen-bond donors (Lipinski definition) is 0. The molecule has 0 amide bonds. The number of aromatic nitrogens is 4. The molecule has 0 N–H and O–H groups in total. The van der Waals surface area contributed by atoms with Gasteiger partial charge in [-0.05, 0) is 26.0 Å². The number of thioether (sulfide) groups is 1. The highest BCUT2D eigenvalue weighted by atomic mass is 35.5. The molecule has 2 heterocycles. The minimum Gasteiger partial charge on any atom is -0.411 e. The van der Waals surface area contributed by atoms with Crippen LogP contribution in [0.5, 0.6) is 0 Å². The Bertz CT molecular complexity index is 758. The third kappa shape index (κ3) is 3.08. The van der Waals surface area contributed by atoms with E-state index >= 15 is 0 Å². The van der Waals surface area contributed by atoms with Gasteiger partial charge >= 0.3 is 0 Å². The SMILES string of the molecule is Cc1noc(C(C)Sc2nnc(-c3ccccc3Cl)o2)n1. The van der Waals surface area contributed by atoms with Crippen LogP contribution in [0.25, 0.3) is 11.5 Å². The molecule has 3 aromatic rings. The largest absolute Gasteiger partial charge is 0.411 e. The summed E-state index contributed by atoms with van der Waals surface area (Å²) in [5, 5.41) is 12.7. The maximum Gasteiger partial charge on any atom is 0.277 e. The second-order valence-corrected chi connectivity index (χ2v) is 5.99. The lowest BCUT2D eigenvalue weighted by molar-refractivity contribution is 0.375. The fraction of sp³-hybridized carbons (Fsp3) is 0.231. The molecule has 0 fully saturated rings. The molecule has 2 aromatic heterocycles. The zero-order valence-electron chi connectivity index (χ0n) is 11.3. The molecule has 0 aliphatic heterocycles. The third-order valence-electron chi connectivity index (χ3n) is 2.68. The van der Waals surface area contributed by atoms with E-state index in [1.54, 1.807) is 13.0 Å². The summed E-state index contributed by atoms with van der Waals surface area (Å²) in [5.74, 6) is 1.51. The molecule has 0 saturated carbocycles. The predicted molar refractivity (Wildman–Crippen MR) is 78.1 cm³/mol. The average Bonchev–Trinajstić information content (AvgIpc) is 3.08. The first-order chi connectivity index (χ1) is 10.1. The van der Waals surface area contributed by atoms with Gasteiger partial charge in [0.05, 0.1) is 15.8 Å². The molecule has 3 rings (SSSR count). The number of rotatable bonds is 4. The summed E-state index contributed by atoms with van der Waals surface area (Å²) in [6.07, 6.45) is 0. The zero-order valence-corrected chi connectivity index (χ0v) is 12.9. The Labute approximate surface area is 129 Å². The van der Waals surface area contributed by atoms with E-state index in [0.29, 0.717) is 33.4 Å². The Balaban J connectivity index is 1.78. The monoisotopic (exact) mass is 322 g/mol. The van der Waals surface area contributed by atoms with Gasteiger partial charge < -0.3 is 8.94 Å². The molecule has 108 valence electrons. The number of hydrogen-bond acceptors (Lipinski definition) is 7. The van der Waals surface area contributed by atoms with Gasteiger partial charge in [0.15, 0.2) is 5.82 Å².